The molecule has 1 aromatic rings. The number of halogens is 1. The van der Waals surface area contributed by atoms with E-state index >= 15 is 0 Å². The molecule has 2 rings (SSSR count). The van der Waals surface area contributed by atoms with Gasteiger partial charge in [0.2, 0.25) is 0 Å². The molecule has 1 aliphatic rings. The zero-order valence-electron chi connectivity index (χ0n) is 9.67. The highest BCUT2D eigenvalue weighted by atomic mass is 19.1. The van der Waals surface area contributed by atoms with Crippen LogP contribution in [0.1, 0.15) is 10.4 Å². The second-order valence-corrected chi connectivity index (χ2v) is 4.07. The zero-order valence-corrected chi connectivity index (χ0v) is 9.67. The van der Waals surface area contributed by atoms with E-state index in [1.807, 2.05) is 0 Å². The van der Waals surface area contributed by atoms with Crippen molar-refractivity contribution in [3.05, 3.63) is 35.6 Å². The Bertz CT molecular complexity index is 453. The number of amides is 2. The predicted octanol–water partition coefficient (Wildman–Crippen LogP) is 1.26. The molecule has 0 aliphatic carbocycles. The van der Waals surface area contributed by atoms with Crippen molar-refractivity contribution in [2.45, 2.75) is 0 Å². The van der Waals surface area contributed by atoms with Crippen molar-refractivity contribution < 1.29 is 19.1 Å². The number of hydrogen-bond acceptors (Lipinski definition) is 2. The van der Waals surface area contributed by atoms with Crippen LogP contribution in [-0.2, 0) is 0 Å². The maximum atomic E-state index is 12.7. The number of benzene rings is 1. The fourth-order valence-corrected chi connectivity index (χ4v) is 1.88. The Balaban J connectivity index is 1.99. The fraction of sp³-hybridized carbons (Fsp3) is 0.333. The van der Waals surface area contributed by atoms with Gasteiger partial charge in [-0.05, 0) is 24.3 Å². The van der Waals surface area contributed by atoms with Crippen LogP contribution in [0.25, 0.3) is 0 Å². The quantitative estimate of drug-likeness (QED) is 0.818. The number of carbonyl (C=O) groups is 2. The molecule has 0 radical (unpaired) electrons. The van der Waals surface area contributed by atoms with Gasteiger partial charge in [0.15, 0.2) is 0 Å². The number of carboxylic acid groups (broad SMARTS) is 1. The molecule has 96 valence electrons. The van der Waals surface area contributed by atoms with Gasteiger partial charge in [0.25, 0.3) is 5.91 Å². The van der Waals surface area contributed by atoms with E-state index in [9.17, 15) is 14.0 Å². The van der Waals surface area contributed by atoms with E-state index in [1.165, 1.54) is 29.2 Å². The lowest BCUT2D eigenvalue weighted by molar-refractivity contribution is 0.0625. The Hall–Kier alpha value is -2.11. The summed E-state index contributed by atoms with van der Waals surface area (Å²) in [6.07, 6.45) is -0.969. The maximum Gasteiger partial charge on any atom is 0.407 e. The van der Waals surface area contributed by atoms with Crippen molar-refractivity contribution in [1.29, 1.82) is 0 Å². The summed E-state index contributed by atoms with van der Waals surface area (Å²) in [5, 5.41) is 8.79. The van der Waals surface area contributed by atoms with E-state index in [0.29, 0.717) is 31.7 Å². The highest BCUT2D eigenvalue weighted by Gasteiger charge is 2.24. The van der Waals surface area contributed by atoms with Gasteiger partial charge in [-0.3, -0.25) is 4.79 Å². The summed E-state index contributed by atoms with van der Waals surface area (Å²) in [6, 6.07) is 5.34. The van der Waals surface area contributed by atoms with Crippen LogP contribution in [0.4, 0.5) is 9.18 Å². The van der Waals surface area contributed by atoms with Crippen molar-refractivity contribution in [3.8, 4) is 0 Å². The van der Waals surface area contributed by atoms with Gasteiger partial charge in [0.1, 0.15) is 5.82 Å². The lowest BCUT2D eigenvalue weighted by Crippen LogP contribution is -2.50. The first-order valence-corrected chi connectivity index (χ1v) is 5.60. The lowest BCUT2D eigenvalue weighted by atomic mass is 10.2. The van der Waals surface area contributed by atoms with Crippen LogP contribution < -0.4 is 0 Å². The molecule has 0 unspecified atom stereocenters. The van der Waals surface area contributed by atoms with Crippen LogP contribution in [0.5, 0.6) is 0 Å². The number of nitrogens with zero attached hydrogens (tertiary/aromatic N) is 2. The van der Waals surface area contributed by atoms with E-state index in [0.717, 1.165) is 0 Å². The smallest absolute Gasteiger partial charge is 0.407 e. The average molecular weight is 252 g/mol. The summed E-state index contributed by atoms with van der Waals surface area (Å²) in [6.45, 7) is 1.34. The molecule has 1 heterocycles. The van der Waals surface area contributed by atoms with Gasteiger partial charge in [-0.25, -0.2) is 9.18 Å². The summed E-state index contributed by atoms with van der Waals surface area (Å²) < 4.78 is 12.7. The third kappa shape index (κ3) is 2.58. The molecule has 18 heavy (non-hydrogen) atoms. The van der Waals surface area contributed by atoms with Crippen molar-refractivity contribution in [3.63, 3.8) is 0 Å². The summed E-state index contributed by atoms with van der Waals surface area (Å²) in [4.78, 5) is 25.6. The minimum absolute atomic E-state index is 0.194. The number of piperazine rings is 1. The van der Waals surface area contributed by atoms with E-state index < -0.39 is 6.09 Å². The highest BCUT2D eigenvalue weighted by Crippen LogP contribution is 2.10. The summed E-state index contributed by atoms with van der Waals surface area (Å²) in [7, 11) is 0. The normalized spacial score (nSPS) is 15.6. The summed E-state index contributed by atoms with van der Waals surface area (Å²) in [5.74, 6) is -0.581. The van der Waals surface area contributed by atoms with Crippen LogP contribution in [0, 0.1) is 5.82 Å². The molecular weight excluding hydrogens is 239 g/mol. The van der Waals surface area contributed by atoms with E-state index in [-0.39, 0.29) is 11.7 Å². The van der Waals surface area contributed by atoms with Gasteiger partial charge < -0.3 is 14.9 Å². The van der Waals surface area contributed by atoms with Crippen molar-refractivity contribution in [1.82, 2.24) is 9.80 Å². The Kier molecular flexibility index (Phi) is 3.45. The van der Waals surface area contributed by atoms with Crippen molar-refractivity contribution in [2.75, 3.05) is 26.2 Å². The zero-order chi connectivity index (χ0) is 13.1. The lowest BCUT2D eigenvalue weighted by Gasteiger charge is -2.33. The molecule has 0 atom stereocenters. The molecule has 1 saturated heterocycles. The Labute approximate surface area is 103 Å². The molecule has 1 aromatic carbocycles. The molecule has 1 aliphatic heterocycles. The minimum atomic E-state index is -0.969. The van der Waals surface area contributed by atoms with Gasteiger partial charge in [0.05, 0.1) is 0 Å². The van der Waals surface area contributed by atoms with Gasteiger partial charge in [-0.15, -0.1) is 0 Å². The van der Waals surface area contributed by atoms with Crippen LogP contribution in [0.15, 0.2) is 24.3 Å². The molecule has 1 fully saturated rings. The standard InChI is InChI=1S/C12H13FN2O3/c13-10-3-1-9(2-4-10)11(16)14-5-7-15(8-6-14)12(17)18/h1-4H,5-8H2,(H,17,18). The third-order valence-corrected chi connectivity index (χ3v) is 2.93. The van der Waals surface area contributed by atoms with Crippen molar-refractivity contribution >= 4 is 12.0 Å². The second-order valence-electron chi connectivity index (χ2n) is 4.07. The minimum Gasteiger partial charge on any atom is -0.465 e. The second kappa shape index (κ2) is 5.03. The third-order valence-electron chi connectivity index (χ3n) is 2.93. The Morgan fingerprint density at radius 2 is 1.50 bits per heavy atom. The van der Waals surface area contributed by atoms with Crippen LogP contribution in [-0.4, -0.2) is 53.1 Å². The number of hydrogen-bond donors (Lipinski definition) is 1. The molecule has 0 spiro atoms. The number of carbonyl (C=O) groups excluding carboxylic acids is 1. The molecule has 5 nitrogen and oxygen atoms in total. The van der Waals surface area contributed by atoms with Crippen molar-refractivity contribution in [2.24, 2.45) is 0 Å². The summed E-state index contributed by atoms with van der Waals surface area (Å²) >= 11 is 0. The first-order valence-electron chi connectivity index (χ1n) is 5.60. The SMILES string of the molecule is O=C(O)N1CCN(C(=O)c2ccc(F)cc2)CC1. The first kappa shape index (κ1) is 12.3. The maximum absolute atomic E-state index is 12.7. The molecule has 6 heteroatoms. The predicted molar refractivity (Wildman–Crippen MR) is 61.9 cm³/mol. The molecule has 2 amide bonds. The van der Waals surface area contributed by atoms with Crippen LogP contribution >= 0.6 is 0 Å². The van der Waals surface area contributed by atoms with Gasteiger partial charge >= 0.3 is 6.09 Å². The monoisotopic (exact) mass is 252 g/mol. The molecule has 0 saturated carbocycles. The largest absolute Gasteiger partial charge is 0.465 e. The summed E-state index contributed by atoms with van der Waals surface area (Å²) in [5.41, 5.74) is 0.417. The average Bonchev–Trinajstić information content (AvgIpc) is 2.39. The van der Waals surface area contributed by atoms with Crippen LogP contribution in [0.3, 0.4) is 0 Å². The van der Waals surface area contributed by atoms with Crippen LogP contribution in [0.2, 0.25) is 0 Å². The molecule has 1 N–H and O–H groups in total. The highest BCUT2D eigenvalue weighted by molar-refractivity contribution is 5.94. The Morgan fingerprint density at radius 1 is 1.00 bits per heavy atom. The molecular formula is C12H13FN2O3. The van der Waals surface area contributed by atoms with Gasteiger partial charge in [-0.1, -0.05) is 0 Å². The number of rotatable bonds is 1. The first-order chi connectivity index (χ1) is 8.58. The molecule has 0 bridgehead atoms. The van der Waals surface area contributed by atoms with E-state index in [4.69, 9.17) is 5.11 Å². The van der Waals surface area contributed by atoms with Gasteiger partial charge in [-0.2, -0.15) is 0 Å². The fourth-order valence-electron chi connectivity index (χ4n) is 1.88. The van der Waals surface area contributed by atoms with E-state index in [2.05, 4.69) is 0 Å². The van der Waals surface area contributed by atoms with Gasteiger partial charge in [0, 0.05) is 31.7 Å². The Morgan fingerprint density at radius 3 is 2.00 bits per heavy atom. The molecule has 0 aromatic heterocycles. The topological polar surface area (TPSA) is 60.9 Å². The van der Waals surface area contributed by atoms with E-state index in [1.54, 1.807) is 4.90 Å².